The van der Waals surface area contributed by atoms with Gasteiger partial charge in [0.15, 0.2) is 0 Å². The second kappa shape index (κ2) is 5.24. The van der Waals surface area contributed by atoms with E-state index in [0.29, 0.717) is 17.5 Å². The highest BCUT2D eigenvalue weighted by Crippen LogP contribution is 2.44. The van der Waals surface area contributed by atoms with Gasteiger partial charge in [-0.3, -0.25) is 4.79 Å². The van der Waals surface area contributed by atoms with Gasteiger partial charge in [-0.1, -0.05) is 24.8 Å². The Hall–Kier alpha value is -1.79. The van der Waals surface area contributed by atoms with Crippen LogP contribution < -0.4 is 11.1 Å². The van der Waals surface area contributed by atoms with E-state index in [2.05, 4.69) is 24.1 Å². The van der Waals surface area contributed by atoms with E-state index in [1.54, 1.807) is 12.1 Å². The minimum Gasteiger partial charge on any atom is -0.351 e. The quantitative estimate of drug-likeness (QED) is 0.790. The Morgan fingerprint density at radius 3 is 2.94 bits per heavy atom. The molecule has 3 heteroatoms. The van der Waals surface area contributed by atoms with Crippen LogP contribution in [0.1, 0.15) is 35.7 Å². The van der Waals surface area contributed by atoms with Gasteiger partial charge in [0, 0.05) is 17.7 Å². The first-order chi connectivity index (χ1) is 8.63. The first-order valence-electron chi connectivity index (χ1n) is 6.20. The maximum absolute atomic E-state index is 12.0. The van der Waals surface area contributed by atoms with Crippen molar-refractivity contribution in [1.29, 1.82) is 0 Å². The molecule has 0 heterocycles. The third kappa shape index (κ3) is 3.35. The predicted molar refractivity (Wildman–Crippen MR) is 72.0 cm³/mol. The van der Waals surface area contributed by atoms with Crippen molar-refractivity contribution < 1.29 is 4.79 Å². The number of benzene rings is 1. The van der Waals surface area contributed by atoms with E-state index < -0.39 is 0 Å². The van der Waals surface area contributed by atoms with E-state index >= 15 is 0 Å². The normalized spacial score (nSPS) is 15.4. The second-order valence-corrected chi connectivity index (χ2v) is 5.08. The van der Waals surface area contributed by atoms with E-state index in [1.807, 2.05) is 12.1 Å². The molecule has 2 rings (SSSR count). The number of nitrogens with one attached hydrogen (secondary N) is 1. The fraction of sp³-hybridized carbons (Fsp3) is 0.400. The SMILES string of the molecule is CC1(CNC(=O)c2cccc(C#CCN)c2)CC1. The van der Waals surface area contributed by atoms with Crippen LogP contribution in [0.2, 0.25) is 0 Å². The number of hydrogen-bond donors (Lipinski definition) is 2. The Bertz CT molecular complexity index is 507. The highest BCUT2D eigenvalue weighted by atomic mass is 16.1. The van der Waals surface area contributed by atoms with Crippen LogP contribution in [0, 0.1) is 17.3 Å². The molecule has 0 atom stereocenters. The number of hydrogen-bond acceptors (Lipinski definition) is 2. The van der Waals surface area contributed by atoms with Gasteiger partial charge >= 0.3 is 0 Å². The first kappa shape index (κ1) is 12.7. The van der Waals surface area contributed by atoms with Crippen molar-refractivity contribution >= 4 is 5.91 Å². The number of carbonyl (C=O) groups is 1. The van der Waals surface area contributed by atoms with Gasteiger partial charge in [-0.25, -0.2) is 0 Å². The van der Waals surface area contributed by atoms with E-state index in [4.69, 9.17) is 5.73 Å². The fourth-order valence-corrected chi connectivity index (χ4v) is 1.68. The summed E-state index contributed by atoms with van der Waals surface area (Å²) in [4.78, 5) is 12.0. The molecule has 3 N–H and O–H groups in total. The lowest BCUT2D eigenvalue weighted by molar-refractivity contribution is 0.0946. The van der Waals surface area contributed by atoms with Gasteiger partial charge < -0.3 is 11.1 Å². The molecule has 3 nitrogen and oxygen atoms in total. The van der Waals surface area contributed by atoms with Crippen LogP contribution in [-0.2, 0) is 0 Å². The molecule has 0 aliphatic heterocycles. The molecule has 0 bridgehead atoms. The second-order valence-electron chi connectivity index (χ2n) is 5.08. The fourth-order valence-electron chi connectivity index (χ4n) is 1.68. The van der Waals surface area contributed by atoms with Crippen LogP contribution >= 0.6 is 0 Å². The zero-order valence-electron chi connectivity index (χ0n) is 10.6. The molecular weight excluding hydrogens is 224 g/mol. The Morgan fingerprint density at radius 2 is 2.28 bits per heavy atom. The molecule has 0 aromatic heterocycles. The average molecular weight is 242 g/mol. The summed E-state index contributed by atoms with van der Waals surface area (Å²) in [5.74, 6) is 5.68. The molecule has 0 spiro atoms. The molecule has 1 aromatic carbocycles. The van der Waals surface area contributed by atoms with Gasteiger partial charge in [0.05, 0.1) is 6.54 Å². The molecule has 0 radical (unpaired) electrons. The maximum atomic E-state index is 12.0. The third-order valence-electron chi connectivity index (χ3n) is 3.24. The van der Waals surface area contributed by atoms with E-state index in [9.17, 15) is 4.79 Å². The maximum Gasteiger partial charge on any atom is 0.251 e. The van der Waals surface area contributed by atoms with Crippen LogP contribution in [0.15, 0.2) is 24.3 Å². The van der Waals surface area contributed by atoms with Crippen LogP contribution in [0.3, 0.4) is 0 Å². The molecule has 1 aliphatic carbocycles. The smallest absolute Gasteiger partial charge is 0.251 e. The van der Waals surface area contributed by atoms with Crippen LogP contribution in [0.5, 0.6) is 0 Å². The minimum absolute atomic E-state index is 0.0282. The summed E-state index contributed by atoms with van der Waals surface area (Å²) in [6.07, 6.45) is 2.41. The molecule has 94 valence electrons. The van der Waals surface area contributed by atoms with Gasteiger partial charge in [0.1, 0.15) is 0 Å². The zero-order valence-corrected chi connectivity index (χ0v) is 10.6. The lowest BCUT2D eigenvalue weighted by Crippen LogP contribution is -2.28. The molecule has 1 aliphatic rings. The van der Waals surface area contributed by atoms with Crippen molar-refractivity contribution in [1.82, 2.24) is 5.32 Å². The Kier molecular flexibility index (Phi) is 3.69. The lowest BCUT2D eigenvalue weighted by atomic mass is 10.1. The molecule has 1 aromatic rings. The summed E-state index contributed by atoms with van der Waals surface area (Å²) < 4.78 is 0. The summed E-state index contributed by atoms with van der Waals surface area (Å²) in [5, 5.41) is 2.97. The molecule has 1 saturated carbocycles. The van der Waals surface area contributed by atoms with Gasteiger partial charge in [0.25, 0.3) is 5.91 Å². The van der Waals surface area contributed by atoms with Gasteiger partial charge in [0.2, 0.25) is 0 Å². The van der Waals surface area contributed by atoms with Crippen molar-refractivity contribution in [2.45, 2.75) is 19.8 Å². The van der Waals surface area contributed by atoms with Crippen LogP contribution in [-0.4, -0.2) is 19.0 Å². The number of rotatable bonds is 3. The number of nitrogens with two attached hydrogens (primary N) is 1. The monoisotopic (exact) mass is 242 g/mol. The summed E-state index contributed by atoms with van der Waals surface area (Å²) in [6, 6.07) is 7.32. The average Bonchev–Trinajstić information content (AvgIpc) is 3.12. The largest absolute Gasteiger partial charge is 0.351 e. The first-order valence-corrected chi connectivity index (χ1v) is 6.20. The van der Waals surface area contributed by atoms with Crippen molar-refractivity contribution in [3.05, 3.63) is 35.4 Å². The van der Waals surface area contributed by atoms with Crippen molar-refractivity contribution in [2.75, 3.05) is 13.1 Å². The van der Waals surface area contributed by atoms with Crippen molar-refractivity contribution in [2.24, 2.45) is 11.1 Å². The molecule has 1 amide bonds. The highest BCUT2D eigenvalue weighted by Gasteiger charge is 2.37. The standard InChI is InChI=1S/C15H18N2O/c1-15(7-8-15)11-17-14(18)13-6-2-4-12(10-13)5-3-9-16/h2,4,6,10H,7-9,11,16H2,1H3,(H,17,18). The summed E-state index contributed by atoms with van der Waals surface area (Å²) in [6.45, 7) is 3.27. The Labute approximate surface area is 108 Å². The lowest BCUT2D eigenvalue weighted by Gasteiger charge is -2.10. The van der Waals surface area contributed by atoms with E-state index in [1.165, 1.54) is 12.8 Å². The van der Waals surface area contributed by atoms with Gasteiger partial charge in [-0.15, -0.1) is 0 Å². The van der Waals surface area contributed by atoms with Gasteiger partial charge in [-0.05, 0) is 36.5 Å². The number of carbonyl (C=O) groups excluding carboxylic acids is 1. The highest BCUT2D eigenvalue weighted by molar-refractivity contribution is 5.94. The predicted octanol–water partition coefficient (Wildman–Crippen LogP) is 1.53. The molecule has 0 saturated heterocycles. The van der Waals surface area contributed by atoms with E-state index in [0.717, 1.165) is 12.1 Å². The minimum atomic E-state index is -0.0282. The number of amides is 1. The Morgan fingerprint density at radius 1 is 1.50 bits per heavy atom. The van der Waals surface area contributed by atoms with Gasteiger partial charge in [-0.2, -0.15) is 0 Å². The van der Waals surface area contributed by atoms with Crippen molar-refractivity contribution in [3.63, 3.8) is 0 Å². The summed E-state index contributed by atoms with van der Waals surface area (Å²) in [7, 11) is 0. The Balaban J connectivity index is 2.00. The zero-order chi connectivity index (χ0) is 13.0. The molecule has 18 heavy (non-hydrogen) atoms. The molecule has 1 fully saturated rings. The molecule has 0 unspecified atom stereocenters. The topological polar surface area (TPSA) is 55.1 Å². The van der Waals surface area contributed by atoms with E-state index in [-0.39, 0.29) is 5.91 Å². The third-order valence-corrected chi connectivity index (χ3v) is 3.24. The van der Waals surface area contributed by atoms with Crippen LogP contribution in [0.4, 0.5) is 0 Å². The van der Waals surface area contributed by atoms with Crippen molar-refractivity contribution in [3.8, 4) is 11.8 Å². The molecular formula is C15H18N2O. The van der Waals surface area contributed by atoms with Crippen LogP contribution in [0.25, 0.3) is 0 Å². The summed E-state index contributed by atoms with van der Waals surface area (Å²) in [5.41, 5.74) is 7.13. The summed E-state index contributed by atoms with van der Waals surface area (Å²) >= 11 is 0.